The molecule has 2 amide bonds. The van der Waals surface area contributed by atoms with Crippen LogP contribution in [0.25, 0.3) is 5.70 Å². The van der Waals surface area contributed by atoms with Crippen LogP contribution in [0.5, 0.6) is 0 Å². The van der Waals surface area contributed by atoms with Crippen molar-refractivity contribution in [3.63, 3.8) is 0 Å². The molecule has 142 valence electrons. The quantitative estimate of drug-likeness (QED) is 0.839. The number of hydrogen-bond acceptors (Lipinski definition) is 5. The van der Waals surface area contributed by atoms with E-state index in [2.05, 4.69) is 15.7 Å². The van der Waals surface area contributed by atoms with Crippen molar-refractivity contribution in [3.05, 3.63) is 76.3 Å². The molecule has 28 heavy (non-hydrogen) atoms. The molecule has 0 unspecified atom stereocenters. The molecule has 0 saturated heterocycles. The van der Waals surface area contributed by atoms with E-state index < -0.39 is 5.54 Å². The average Bonchev–Trinajstić information content (AvgIpc) is 2.99. The summed E-state index contributed by atoms with van der Waals surface area (Å²) < 4.78 is 0. The minimum atomic E-state index is -0.834. The summed E-state index contributed by atoms with van der Waals surface area (Å²) in [7, 11) is 0. The molecular weight excluding hydrogens is 372 g/mol. The number of hydrogen-bond donors (Lipinski definition) is 2. The molecule has 0 atom stereocenters. The second kappa shape index (κ2) is 6.92. The predicted molar refractivity (Wildman–Crippen MR) is 111 cm³/mol. The fraction of sp³-hybridized carbons (Fsp3) is 0.190. The first-order valence-electron chi connectivity index (χ1n) is 8.92. The maximum Gasteiger partial charge on any atom is 0.269 e. The number of benzene rings is 2. The molecule has 0 bridgehead atoms. The molecule has 7 heteroatoms. The summed E-state index contributed by atoms with van der Waals surface area (Å²) in [4.78, 5) is 29.3. The number of nitrogens with one attached hydrogen (secondary N) is 2. The number of thioether (sulfide) groups is 1. The highest BCUT2D eigenvalue weighted by atomic mass is 32.2. The second-order valence-electron chi connectivity index (χ2n) is 7.24. The van der Waals surface area contributed by atoms with E-state index in [9.17, 15) is 9.59 Å². The zero-order valence-corrected chi connectivity index (χ0v) is 16.6. The van der Waals surface area contributed by atoms with Crippen LogP contribution in [0.3, 0.4) is 0 Å². The second-order valence-corrected chi connectivity index (χ2v) is 8.22. The summed E-state index contributed by atoms with van der Waals surface area (Å²) in [6.07, 6.45) is 0. The Balaban J connectivity index is 1.76. The summed E-state index contributed by atoms with van der Waals surface area (Å²) in [6, 6.07) is 17.0. The van der Waals surface area contributed by atoms with Gasteiger partial charge in [0.1, 0.15) is 10.6 Å². The van der Waals surface area contributed by atoms with Crippen LogP contribution in [0.1, 0.15) is 35.3 Å². The molecule has 2 aromatic carbocycles. The Labute approximate surface area is 167 Å². The van der Waals surface area contributed by atoms with Gasteiger partial charge in [-0.2, -0.15) is 4.99 Å². The molecule has 2 aliphatic heterocycles. The summed E-state index contributed by atoms with van der Waals surface area (Å²) >= 11 is 1.27. The minimum Gasteiger partial charge on any atom is -0.314 e. The van der Waals surface area contributed by atoms with Gasteiger partial charge in [-0.3, -0.25) is 9.59 Å². The lowest BCUT2D eigenvalue weighted by atomic mass is 10.1. The van der Waals surface area contributed by atoms with E-state index >= 15 is 0 Å². The third-order valence-electron chi connectivity index (χ3n) is 4.53. The van der Waals surface area contributed by atoms with Crippen molar-refractivity contribution in [1.82, 2.24) is 15.8 Å². The standard InChI is InChI=1S/C21H20N4O2S/c1-13-9-11-14(12-10-13)16-18(22-17(26)15-7-5-4-6-8-15)28-20-23-19(27)21(2,3)24-25(16)20/h4-12,24H,1-3H3,(H,22,26). The Kier molecular flexibility index (Phi) is 4.56. The largest absolute Gasteiger partial charge is 0.314 e. The van der Waals surface area contributed by atoms with E-state index in [1.807, 2.05) is 49.4 Å². The Morgan fingerprint density at radius 2 is 1.79 bits per heavy atom. The molecule has 0 saturated carbocycles. The van der Waals surface area contributed by atoms with Crippen LogP contribution in [0.15, 0.2) is 64.6 Å². The van der Waals surface area contributed by atoms with Crippen molar-refractivity contribution >= 4 is 34.4 Å². The third-order valence-corrected chi connectivity index (χ3v) is 5.49. The highest BCUT2D eigenvalue weighted by molar-refractivity contribution is 8.17. The summed E-state index contributed by atoms with van der Waals surface area (Å²) in [5.41, 5.74) is 5.80. The molecule has 2 N–H and O–H groups in total. The van der Waals surface area contributed by atoms with E-state index in [1.165, 1.54) is 11.8 Å². The van der Waals surface area contributed by atoms with E-state index in [0.717, 1.165) is 16.8 Å². The van der Waals surface area contributed by atoms with Crippen molar-refractivity contribution in [1.29, 1.82) is 0 Å². The third kappa shape index (κ3) is 3.34. The zero-order chi connectivity index (χ0) is 19.9. The molecular formula is C21H20N4O2S. The number of nitrogens with zero attached hydrogens (tertiary/aromatic N) is 2. The van der Waals surface area contributed by atoms with Gasteiger partial charge in [0.2, 0.25) is 0 Å². The van der Waals surface area contributed by atoms with Crippen molar-refractivity contribution in [3.8, 4) is 0 Å². The Bertz CT molecular complexity index is 1010. The molecule has 6 nitrogen and oxygen atoms in total. The first kappa shape index (κ1) is 18.5. The van der Waals surface area contributed by atoms with Crippen LogP contribution in [0.4, 0.5) is 0 Å². The van der Waals surface area contributed by atoms with Gasteiger partial charge in [-0.25, -0.2) is 10.4 Å². The summed E-state index contributed by atoms with van der Waals surface area (Å²) in [6.45, 7) is 5.59. The number of amides is 2. The van der Waals surface area contributed by atoms with Gasteiger partial charge in [0.25, 0.3) is 11.8 Å². The topological polar surface area (TPSA) is 73.8 Å². The van der Waals surface area contributed by atoms with Gasteiger partial charge >= 0.3 is 0 Å². The van der Waals surface area contributed by atoms with Crippen molar-refractivity contribution in [2.24, 2.45) is 4.99 Å². The molecule has 0 aromatic heterocycles. The Morgan fingerprint density at radius 1 is 1.11 bits per heavy atom. The summed E-state index contributed by atoms with van der Waals surface area (Å²) in [5, 5.41) is 5.91. The molecule has 4 rings (SSSR count). The SMILES string of the molecule is Cc1ccc(C2=C(NC(=O)c3ccccc3)SC3=NC(=O)C(C)(C)NN32)cc1. The molecule has 2 heterocycles. The van der Waals surface area contributed by atoms with Crippen LogP contribution in [0, 0.1) is 6.92 Å². The maximum absolute atomic E-state index is 12.7. The van der Waals surface area contributed by atoms with Gasteiger partial charge in [0, 0.05) is 11.1 Å². The van der Waals surface area contributed by atoms with Crippen LogP contribution >= 0.6 is 11.8 Å². The minimum absolute atomic E-state index is 0.209. The first-order chi connectivity index (χ1) is 13.3. The number of aryl methyl sites for hydroxylation is 1. The number of carbonyl (C=O) groups excluding carboxylic acids is 2. The van der Waals surface area contributed by atoms with Crippen molar-refractivity contribution in [2.45, 2.75) is 26.3 Å². The molecule has 0 aliphatic carbocycles. The van der Waals surface area contributed by atoms with Crippen LogP contribution in [-0.4, -0.2) is 27.5 Å². The maximum atomic E-state index is 12.7. The lowest BCUT2D eigenvalue weighted by Gasteiger charge is -2.35. The zero-order valence-electron chi connectivity index (χ0n) is 15.8. The van der Waals surface area contributed by atoms with Gasteiger partial charge in [0.05, 0.1) is 5.70 Å². The Morgan fingerprint density at radius 3 is 2.46 bits per heavy atom. The van der Waals surface area contributed by atoms with Crippen LogP contribution in [-0.2, 0) is 4.79 Å². The predicted octanol–water partition coefficient (Wildman–Crippen LogP) is 3.28. The average molecular weight is 392 g/mol. The highest BCUT2D eigenvalue weighted by Gasteiger charge is 2.42. The van der Waals surface area contributed by atoms with E-state index in [0.29, 0.717) is 15.8 Å². The molecule has 0 radical (unpaired) electrons. The number of hydrazine groups is 1. The van der Waals surface area contributed by atoms with Gasteiger partial charge in [-0.1, -0.05) is 48.0 Å². The molecule has 0 fully saturated rings. The van der Waals surface area contributed by atoms with Gasteiger partial charge in [-0.15, -0.1) is 0 Å². The van der Waals surface area contributed by atoms with Crippen LogP contribution in [0.2, 0.25) is 0 Å². The smallest absolute Gasteiger partial charge is 0.269 e. The molecule has 0 spiro atoms. The van der Waals surface area contributed by atoms with Crippen molar-refractivity contribution < 1.29 is 9.59 Å². The fourth-order valence-corrected chi connectivity index (χ4v) is 3.92. The summed E-state index contributed by atoms with van der Waals surface area (Å²) in [5.74, 6) is -0.455. The van der Waals surface area contributed by atoms with E-state index in [-0.39, 0.29) is 11.8 Å². The van der Waals surface area contributed by atoms with E-state index in [4.69, 9.17) is 0 Å². The van der Waals surface area contributed by atoms with Gasteiger partial charge in [0.15, 0.2) is 5.17 Å². The number of carbonyl (C=O) groups is 2. The Hall–Kier alpha value is -2.90. The van der Waals surface area contributed by atoms with Crippen molar-refractivity contribution in [2.75, 3.05) is 0 Å². The van der Waals surface area contributed by atoms with E-state index in [1.54, 1.807) is 31.0 Å². The van der Waals surface area contributed by atoms with Gasteiger partial charge < -0.3 is 5.32 Å². The lowest BCUT2D eigenvalue weighted by Crippen LogP contribution is -2.58. The highest BCUT2D eigenvalue weighted by Crippen LogP contribution is 2.40. The number of fused-ring (bicyclic) bond motifs is 1. The molecule has 2 aliphatic rings. The fourth-order valence-electron chi connectivity index (χ4n) is 2.93. The number of amidine groups is 1. The molecule has 2 aromatic rings. The number of aliphatic imine (C=N–C) groups is 1. The lowest BCUT2D eigenvalue weighted by molar-refractivity contribution is -0.124. The first-order valence-corrected chi connectivity index (χ1v) is 9.73. The normalized spacial score (nSPS) is 18.0. The van der Waals surface area contributed by atoms with Gasteiger partial charge in [-0.05, 0) is 44.7 Å². The number of rotatable bonds is 3. The monoisotopic (exact) mass is 392 g/mol. The van der Waals surface area contributed by atoms with Crippen LogP contribution < -0.4 is 10.7 Å².